The number of hydrogen-bond acceptors (Lipinski definition) is 3. The van der Waals surface area contributed by atoms with Crippen LogP contribution >= 0.6 is 0 Å². The number of carbonyl (C=O) groups is 2. The van der Waals surface area contributed by atoms with Crippen LogP contribution in [0.1, 0.15) is 39.5 Å². The molecule has 158 valence electrons. The molecule has 0 N–H and O–H groups in total. The van der Waals surface area contributed by atoms with Crippen molar-refractivity contribution < 1.29 is 18.4 Å². The van der Waals surface area contributed by atoms with Crippen molar-refractivity contribution in [2.75, 3.05) is 38.1 Å². The largest absolute Gasteiger partial charge is 0.340 e. The second kappa shape index (κ2) is 7.80. The number of carbonyl (C=O) groups excluding carboxylic acids is 2. The summed E-state index contributed by atoms with van der Waals surface area (Å²) in [6, 6.07) is 6.62. The van der Waals surface area contributed by atoms with Crippen LogP contribution in [0.4, 0.5) is 14.5 Å². The fraction of sp³-hybridized carbons (Fsp3) is 0.391. The number of fused-ring (bicyclic) bond motifs is 1. The number of rotatable bonds is 3. The molecule has 0 saturated carbocycles. The standard InChI is InChI=1S/C23H25F2N3O2/c1-14-10-17-18(11-15(14)2)23(30)28(16-4-5-19(24)20(25)12-16)21(17)13-22(29)27-8-6-26(3)7-9-27/h4-5,10-12,21H,6-9,13H2,1-3H3. The van der Waals surface area contributed by atoms with Gasteiger partial charge in [0.05, 0.1) is 12.5 Å². The van der Waals surface area contributed by atoms with Crippen molar-refractivity contribution >= 4 is 17.5 Å². The fourth-order valence-corrected chi connectivity index (χ4v) is 4.19. The van der Waals surface area contributed by atoms with Crippen LogP contribution in [0.15, 0.2) is 30.3 Å². The lowest BCUT2D eigenvalue weighted by atomic mass is 9.96. The van der Waals surface area contributed by atoms with E-state index in [4.69, 9.17) is 0 Å². The maximum absolute atomic E-state index is 13.9. The highest BCUT2D eigenvalue weighted by Gasteiger charge is 2.40. The number of hydrogen-bond donors (Lipinski definition) is 0. The molecule has 5 nitrogen and oxygen atoms in total. The van der Waals surface area contributed by atoms with Gasteiger partial charge in [-0.3, -0.25) is 9.59 Å². The van der Waals surface area contributed by atoms with Crippen molar-refractivity contribution in [3.8, 4) is 0 Å². The Morgan fingerprint density at radius 3 is 2.33 bits per heavy atom. The lowest BCUT2D eigenvalue weighted by molar-refractivity contribution is -0.133. The number of benzene rings is 2. The molecule has 0 aliphatic carbocycles. The molecule has 2 aromatic carbocycles. The van der Waals surface area contributed by atoms with E-state index < -0.39 is 17.7 Å². The van der Waals surface area contributed by atoms with Gasteiger partial charge in [-0.2, -0.15) is 0 Å². The Labute approximate surface area is 174 Å². The van der Waals surface area contributed by atoms with Gasteiger partial charge in [0, 0.05) is 43.5 Å². The molecule has 1 fully saturated rings. The molecular weight excluding hydrogens is 388 g/mol. The first-order valence-electron chi connectivity index (χ1n) is 10.1. The van der Waals surface area contributed by atoms with Crippen molar-refractivity contribution in [1.29, 1.82) is 0 Å². The second-order valence-electron chi connectivity index (χ2n) is 8.20. The lowest BCUT2D eigenvalue weighted by Crippen LogP contribution is -2.47. The van der Waals surface area contributed by atoms with Crippen LogP contribution in [0.2, 0.25) is 0 Å². The summed E-state index contributed by atoms with van der Waals surface area (Å²) in [7, 11) is 2.02. The smallest absolute Gasteiger partial charge is 0.259 e. The van der Waals surface area contributed by atoms with E-state index >= 15 is 0 Å². The first kappa shape index (κ1) is 20.5. The van der Waals surface area contributed by atoms with Crippen LogP contribution < -0.4 is 4.90 Å². The molecule has 1 saturated heterocycles. The van der Waals surface area contributed by atoms with E-state index in [0.717, 1.165) is 41.9 Å². The SMILES string of the molecule is Cc1cc2c(cc1C)C(CC(=O)N1CCN(C)CC1)N(c1ccc(F)c(F)c1)C2=O. The van der Waals surface area contributed by atoms with E-state index in [-0.39, 0.29) is 23.9 Å². The summed E-state index contributed by atoms with van der Waals surface area (Å²) in [5.74, 6) is -2.33. The topological polar surface area (TPSA) is 43.9 Å². The van der Waals surface area contributed by atoms with Gasteiger partial charge in [0.1, 0.15) is 0 Å². The quantitative estimate of drug-likeness (QED) is 0.774. The van der Waals surface area contributed by atoms with Crippen LogP contribution in [0, 0.1) is 25.5 Å². The van der Waals surface area contributed by atoms with Gasteiger partial charge in [0.15, 0.2) is 11.6 Å². The van der Waals surface area contributed by atoms with Crippen LogP contribution in [-0.4, -0.2) is 54.8 Å². The number of likely N-dealkylation sites (N-methyl/N-ethyl adjacent to an activating group) is 1. The van der Waals surface area contributed by atoms with Crippen molar-refractivity contribution in [1.82, 2.24) is 9.80 Å². The Morgan fingerprint density at radius 2 is 1.67 bits per heavy atom. The highest BCUT2D eigenvalue weighted by molar-refractivity contribution is 6.11. The Hall–Kier alpha value is -2.80. The zero-order valence-electron chi connectivity index (χ0n) is 17.4. The first-order valence-corrected chi connectivity index (χ1v) is 10.1. The highest BCUT2D eigenvalue weighted by Crippen LogP contribution is 2.41. The minimum Gasteiger partial charge on any atom is -0.340 e. The maximum atomic E-state index is 13.9. The molecule has 7 heteroatoms. The highest BCUT2D eigenvalue weighted by atomic mass is 19.2. The van der Waals surface area contributed by atoms with Gasteiger partial charge in [-0.1, -0.05) is 6.07 Å². The van der Waals surface area contributed by atoms with Crippen LogP contribution in [0.25, 0.3) is 0 Å². The molecule has 1 unspecified atom stereocenters. The van der Waals surface area contributed by atoms with Crippen LogP contribution in [-0.2, 0) is 4.79 Å². The lowest BCUT2D eigenvalue weighted by Gasteiger charge is -2.34. The molecule has 4 rings (SSSR count). The predicted molar refractivity (Wildman–Crippen MR) is 111 cm³/mol. The van der Waals surface area contributed by atoms with Crippen LogP contribution in [0.5, 0.6) is 0 Å². The Bertz CT molecular complexity index is 1020. The minimum atomic E-state index is -1.02. The van der Waals surface area contributed by atoms with E-state index in [0.29, 0.717) is 18.7 Å². The van der Waals surface area contributed by atoms with Gasteiger partial charge in [0.25, 0.3) is 5.91 Å². The molecule has 2 aromatic rings. The van der Waals surface area contributed by atoms with Gasteiger partial charge in [-0.25, -0.2) is 8.78 Å². The summed E-state index contributed by atoms with van der Waals surface area (Å²) in [6.07, 6.45) is 0.101. The average Bonchev–Trinajstić information content (AvgIpc) is 2.96. The summed E-state index contributed by atoms with van der Waals surface area (Å²) >= 11 is 0. The number of nitrogens with zero attached hydrogens (tertiary/aromatic N) is 3. The Kier molecular flexibility index (Phi) is 5.32. The number of aryl methyl sites for hydroxylation is 2. The first-order chi connectivity index (χ1) is 14.3. The molecule has 0 aromatic heterocycles. The third-order valence-electron chi connectivity index (χ3n) is 6.19. The molecule has 0 bridgehead atoms. The molecule has 2 aliphatic rings. The second-order valence-corrected chi connectivity index (χ2v) is 8.20. The average molecular weight is 413 g/mol. The van der Waals surface area contributed by atoms with Crippen molar-refractivity contribution in [3.05, 3.63) is 64.2 Å². The molecule has 2 heterocycles. The van der Waals surface area contributed by atoms with E-state index in [1.54, 1.807) is 0 Å². The van der Waals surface area contributed by atoms with E-state index in [9.17, 15) is 18.4 Å². The zero-order valence-corrected chi connectivity index (χ0v) is 17.4. The van der Waals surface area contributed by atoms with E-state index in [1.807, 2.05) is 37.9 Å². The summed E-state index contributed by atoms with van der Waals surface area (Å²) in [4.78, 5) is 31.7. The zero-order chi connectivity index (χ0) is 21.6. The monoisotopic (exact) mass is 413 g/mol. The number of amides is 2. The number of anilines is 1. The molecule has 30 heavy (non-hydrogen) atoms. The normalized spacial score (nSPS) is 19.4. The third kappa shape index (κ3) is 3.58. The minimum absolute atomic E-state index is 0.0421. The fourth-order valence-electron chi connectivity index (χ4n) is 4.19. The van der Waals surface area contributed by atoms with E-state index in [2.05, 4.69) is 4.90 Å². The summed E-state index contributed by atoms with van der Waals surface area (Å²) in [5.41, 5.74) is 3.51. The van der Waals surface area contributed by atoms with Crippen LogP contribution in [0.3, 0.4) is 0 Å². The maximum Gasteiger partial charge on any atom is 0.259 e. The number of halogens is 2. The Balaban J connectivity index is 1.71. The van der Waals surface area contributed by atoms with Gasteiger partial charge in [-0.05, 0) is 55.8 Å². The third-order valence-corrected chi connectivity index (χ3v) is 6.19. The van der Waals surface area contributed by atoms with E-state index in [1.165, 1.54) is 11.0 Å². The van der Waals surface area contributed by atoms with Gasteiger partial charge in [-0.15, -0.1) is 0 Å². The van der Waals surface area contributed by atoms with Crippen molar-refractivity contribution in [2.24, 2.45) is 0 Å². The van der Waals surface area contributed by atoms with Crippen molar-refractivity contribution in [2.45, 2.75) is 26.3 Å². The molecule has 0 spiro atoms. The van der Waals surface area contributed by atoms with Gasteiger partial charge in [0.2, 0.25) is 5.91 Å². The van der Waals surface area contributed by atoms with Gasteiger partial charge >= 0.3 is 0 Å². The summed E-state index contributed by atoms with van der Waals surface area (Å²) in [5, 5.41) is 0. The van der Waals surface area contributed by atoms with Crippen molar-refractivity contribution in [3.63, 3.8) is 0 Å². The summed E-state index contributed by atoms with van der Waals surface area (Å²) < 4.78 is 27.4. The molecule has 1 atom stereocenters. The molecule has 2 aliphatic heterocycles. The van der Waals surface area contributed by atoms with Gasteiger partial charge < -0.3 is 14.7 Å². The number of piperazine rings is 1. The predicted octanol–water partition coefficient (Wildman–Crippen LogP) is 3.45. The Morgan fingerprint density at radius 1 is 1.00 bits per heavy atom. The molecule has 0 radical (unpaired) electrons. The molecule has 2 amide bonds. The summed E-state index contributed by atoms with van der Waals surface area (Å²) in [6.45, 7) is 6.77. The molecular formula is C23H25F2N3O2.